The van der Waals surface area contributed by atoms with E-state index in [0.717, 1.165) is 72.5 Å². The van der Waals surface area contributed by atoms with Crippen LogP contribution in [0.1, 0.15) is 18.7 Å². The number of likely N-dealkylation sites (tertiary alicyclic amines) is 1. The predicted octanol–water partition coefficient (Wildman–Crippen LogP) is 2.77. The van der Waals surface area contributed by atoms with E-state index in [2.05, 4.69) is 50.7 Å². The second-order valence-electron chi connectivity index (χ2n) is 8.27. The highest BCUT2D eigenvalue weighted by atomic mass is 16.5. The van der Waals surface area contributed by atoms with E-state index in [4.69, 9.17) is 9.72 Å². The average Bonchev–Trinajstić information content (AvgIpc) is 3.36. The number of nitrogens with zero attached hydrogens (tertiary/aromatic N) is 6. The molecule has 8 heteroatoms. The van der Waals surface area contributed by atoms with Gasteiger partial charge in [-0.3, -0.25) is 0 Å². The van der Waals surface area contributed by atoms with Crippen LogP contribution in [0.25, 0.3) is 27.7 Å². The number of fused-ring (bicyclic) bond motifs is 2. The normalized spacial score (nSPS) is 15.8. The van der Waals surface area contributed by atoms with Gasteiger partial charge in [-0.25, -0.2) is 9.50 Å². The number of ether oxygens (including phenoxy) is 1. The molecule has 0 unspecified atom stereocenters. The molecule has 1 aromatic carbocycles. The minimum absolute atomic E-state index is 0.239. The zero-order valence-electron chi connectivity index (χ0n) is 18.0. The van der Waals surface area contributed by atoms with E-state index in [1.807, 2.05) is 6.20 Å². The van der Waals surface area contributed by atoms with E-state index in [0.29, 0.717) is 11.8 Å². The Morgan fingerprint density at radius 1 is 1.19 bits per heavy atom. The molecule has 0 radical (unpaired) electrons. The van der Waals surface area contributed by atoms with Gasteiger partial charge in [-0.1, -0.05) is 6.07 Å². The largest absolute Gasteiger partial charge is 0.479 e. The van der Waals surface area contributed by atoms with Crippen molar-refractivity contribution >= 4 is 16.6 Å². The maximum Gasteiger partial charge on any atom is 0.241 e. The molecule has 0 aliphatic carbocycles. The van der Waals surface area contributed by atoms with Gasteiger partial charge in [0.05, 0.1) is 24.8 Å². The molecule has 1 saturated heterocycles. The fourth-order valence-corrected chi connectivity index (χ4v) is 4.74. The van der Waals surface area contributed by atoms with E-state index >= 15 is 0 Å². The van der Waals surface area contributed by atoms with Crippen molar-refractivity contribution in [2.45, 2.75) is 26.3 Å². The van der Waals surface area contributed by atoms with Crippen LogP contribution in [0, 0.1) is 12.8 Å². The first-order chi connectivity index (χ1) is 15.2. The third-order valence-corrected chi connectivity index (χ3v) is 6.43. The Kier molecular flexibility index (Phi) is 5.33. The number of piperidine rings is 1. The molecule has 4 aromatic rings. The van der Waals surface area contributed by atoms with Gasteiger partial charge in [0.15, 0.2) is 0 Å². The summed E-state index contributed by atoms with van der Waals surface area (Å²) in [5, 5.41) is 13.5. The topological polar surface area (TPSA) is 80.7 Å². The van der Waals surface area contributed by atoms with Crippen LogP contribution >= 0.6 is 0 Å². The molecule has 0 atom stereocenters. The van der Waals surface area contributed by atoms with Crippen LogP contribution in [0.4, 0.5) is 0 Å². The van der Waals surface area contributed by atoms with Gasteiger partial charge in [-0.15, -0.1) is 0 Å². The van der Waals surface area contributed by atoms with Crippen molar-refractivity contribution in [1.29, 1.82) is 0 Å². The van der Waals surface area contributed by atoms with Crippen LogP contribution < -0.4 is 4.74 Å². The Morgan fingerprint density at radius 3 is 2.81 bits per heavy atom. The van der Waals surface area contributed by atoms with Gasteiger partial charge < -0.3 is 19.3 Å². The maximum absolute atomic E-state index is 9.18. The highest BCUT2D eigenvalue weighted by molar-refractivity contribution is 5.89. The first kappa shape index (κ1) is 20.0. The Morgan fingerprint density at radius 2 is 2.03 bits per heavy atom. The third kappa shape index (κ3) is 3.66. The van der Waals surface area contributed by atoms with Gasteiger partial charge in [-0.2, -0.15) is 10.1 Å². The summed E-state index contributed by atoms with van der Waals surface area (Å²) in [5.41, 5.74) is 5.18. The lowest BCUT2D eigenvalue weighted by molar-refractivity contribution is 0.141. The van der Waals surface area contributed by atoms with Crippen LogP contribution in [-0.2, 0) is 6.54 Å². The lowest BCUT2D eigenvalue weighted by Gasteiger charge is -2.31. The van der Waals surface area contributed by atoms with E-state index in [-0.39, 0.29) is 6.61 Å². The van der Waals surface area contributed by atoms with E-state index < -0.39 is 0 Å². The van der Waals surface area contributed by atoms with Crippen molar-refractivity contribution < 1.29 is 9.84 Å². The monoisotopic (exact) mass is 420 g/mol. The number of rotatable bonds is 6. The molecule has 0 amide bonds. The molecule has 162 valence electrons. The van der Waals surface area contributed by atoms with Gasteiger partial charge in [-0.05, 0) is 62.5 Å². The van der Waals surface area contributed by atoms with Gasteiger partial charge >= 0.3 is 0 Å². The standard InChI is InChI=1S/C23H28N6O2/c1-16-26-20-4-3-18(19-7-10-29-22(19)23(31-2)24-15-25-29)13-21(20)28(16)14-17-5-8-27(9-6-17)11-12-30/h3-4,7,10,13,15,17,30H,5-6,8-9,11-12,14H2,1-2H3. The summed E-state index contributed by atoms with van der Waals surface area (Å²) in [6.45, 7) is 6.19. The highest BCUT2D eigenvalue weighted by Gasteiger charge is 2.21. The van der Waals surface area contributed by atoms with Crippen molar-refractivity contribution in [3.63, 3.8) is 0 Å². The van der Waals surface area contributed by atoms with Crippen LogP contribution in [-0.4, -0.2) is 67.5 Å². The number of benzene rings is 1. The molecule has 0 bridgehead atoms. The number of methoxy groups -OCH3 is 1. The maximum atomic E-state index is 9.18. The van der Waals surface area contributed by atoms with Gasteiger partial charge in [0.2, 0.25) is 5.88 Å². The molecule has 1 fully saturated rings. The molecule has 1 aliphatic rings. The fourth-order valence-electron chi connectivity index (χ4n) is 4.74. The summed E-state index contributed by atoms with van der Waals surface area (Å²) in [7, 11) is 1.63. The van der Waals surface area contributed by atoms with Gasteiger partial charge in [0.25, 0.3) is 0 Å². The molecule has 5 rings (SSSR count). The molecule has 0 saturated carbocycles. The minimum Gasteiger partial charge on any atom is -0.479 e. The van der Waals surface area contributed by atoms with Crippen molar-refractivity contribution in [2.75, 3.05) is 33.4 Å². The molecular weight excluding hydrogens is 392 g/mol. The number of aromatic nitrogens is 5. The molecule has 8 nitrogen and oxygen atoms in total. The van der Waals surface area contributed by atoms with Crippen molar-refractivity contribution in [3.05, 3.63) is 42.6 Å². The molecule has 0 spiro atoms. The smallest absolute Gasteiger partial charge is 0.241 e. The van der Waals surface area contributed by atoms with Crippen LogP contribution in [0.15, 0.2) is 36.8 Å². The van der Waals surface area contributed by atoms with Crippen molar-refractivity contribution in [1.82, 2.24) is 29.0 Å². The van der Waals surface area contributed by atoms with E-state index in [9.17, 15) is 5.11 Å². The predicted molar refractivity (Wildman–Crippen MR) is 119 cm³/mol. The minimum atomic E-state index is 0.239. The molecule has 3 aromatic heterocycles. The SMILES string of the molecule is COc1ncnn2ccc(-c3ccc4nc(C)n(CC5CCN(CCO)CC5)c4c3)c12. The number of β-amino-alcohol motifs (C(OH)–C–C–N with tert-alkyl or cyclic N) is 1. The highest BCUT2D eigenvalue weighted by Crippen LogP contribution is 2.33. The number of imidazole rings is 1. The molecular formula is C23H28N6O2. The second-order valence-corrected chi connectivity index (χ2v) is 8.27. The molecule has 1 aliphatic heterocycles. The number of hydrogen-bond donors (Lipinski definition) is 1. The average molecular weight is 421 g/mol. The summed E-state index contributed by atoms with van der Waals surface area (Å²) in [5.74, 6) is 2.24. The summed E-state index contributed by atoms with van der Waals surface area (Å²) < 4.78 is 9.64. The molecule has 1 N–H and O–H groups in total. The third-order valence-electron chi connectivity index (χ3n) is 6.43. The Balaban J connectivity index is 1.48. The fraction of sp³-hybridized carbons (Fsp3) is 0.435. The van der Waals surface area contributed by atoms with Crippen molar-refractivity contribution in [2.24, 2.45) is 5.92 Å². The van der Waals surface area contributed by atoms with E-state index in [1.165, 1.54) is 6.33 Å². The summed E-state index contributed by atoms with van der Waals surface area (Å²) in [4.78, 5) is 11.4. The van der Waals surface area contributed by atoms with Crippen LogP contribution in [0.3, 0.4) is 0 Å². The summed E-state index contributed by atoms with van der Waals surface area (Å²) >= 11 is 0. The first-order valence-corrected chi connectivity index (χ1v) is 10.8. The molecule has 31 heavy (non-hydrogen) atoms. The van der Waals surface area contributed by atoms with Crippen LogP contribution in [0.2, 0.25) is 0 Å². The Hall–Kier alpha value is -2.97. The van der Waals surface area contributed by atoms with Gasteiger partial charge in [0, 0.05) is 24.8 Å². The second kappa shape index (κ2) is 8.28. The quantitative estimate of drug-likeness (QED) is 0.517. The number of hydrogen-bond acceptors (Lipinski definition) is 6. The number of aliphatic hydroxyl groups is 1. The Bertz CT molecular complexity index is 1210. The Labute approximate surface area is 181 Å². The lowest BCUT2D eigenvalue weighted by Crippen LogP contribution is -2.36. The van der Waals surface area contributed by atoms with Crippen molar-refractivity contribution in [3.8, 4) is 17.0 Å². The zero-order valence-corrected chi connectivity index (χ0v) is 18.0. The van der Waals surface area contributed by atoms with Gasteiger partial charge in [0.1, 0.15) is 17.7 Å². The number of aliphatic hydroxyl groups excluding tert-OH is 1. The molecule has 4 heterocycles. The van der Waals surface area contributed by atoms with E-state index in [1.54, 1.807) is 11.6 Å². The van der Waals surface area contributed by atoms with Crippen LogP contribution in [0.5, 0.6) is 5.88 Å². The number of aryl methyl sites for hydroxylation is 1. The summed E-state index contributed by atoms with van der Waals surface area (Å²) in [6.07, 6.45) is 5.74. The zero-order chi connectivity index (χ0) is 21.4. The first-order valence-electron chi connectivity index (χ1n) is 10.8. The summed E-state index contributed by atoms with van der Waals surface area (Å²) in [6, 6.07) is 8.47. The lowest BCUT2D eigenvalue weighted by atomic mass is 9.96.